The molecule has 0 atom stereocenters. The second-order valence-electron chi connectivity index (χ2n) is 1.96. The second kappa shape index (κ2) is 4.82. The van der Waals surface area contributed by atoms with Gasteiger partial charge in [0.2, 0.25) is 0 Å². The summed E-state index contributed by atoms with van der Waals surface area (Å²) < 4.78 is 1.04. The summed E-state index contributed by atoms with van der Waals surface area (Å²) in [6, 6.07) is 0. The molecule has 0 saturated heterocycles. The van der Waals surface area contributed by atoms with Crippen molar-refractivity contribution in [1.29, 1.82) is 0 Å². The van der Waals surface area contributed by atoms with Crippen LogP contribution >= 0.6 is 27.3 Å². The molecule has 2 N–H and O–H groups in total. The third-order valence-corrected chi connectivity index (χ3v) is 2.57. The molecule has 0 saturated carbocycles. The first-order valence-electron chi connectivity index (χ1n) is 3.24. The molecule has 1 aromatic rings. The first kappa shape index (κ1) is 9.12. The van der Waals surface area contributed by atoms with Gasteiger partial charge in [-0.15, -0.1) is 11.3 Å². The Kier molecular flexibility index (Phi) is 3.99. The van der Waals surface area contributed by atoms with Gasteiger partial charge in [0.25, 0.3) is 0 Å². The highest BCUT2D eigenvalue weighted by atomic mass is 79.9. The lowest BCUT2D eigenvalue weighted by Gasteiger charge is -1.96. The van der Waals surface area contributed by atoms with Crippen LogP contribution in [0.15, 0.2) is 9.98 Å². The van der Waals surface area contributed by atoms with Gasteiger partial charge in [0.1, 0.15) is 5.01 Å². The summed E-state index contributed by atoms with van der Waals surface area (Å²) in [5, 5.41) is 12.5. The summed E-state index contributed by atoms with van der Waals surface area (Å²) >= 11 is 4.92. The zero-order chi connectivity index (χ0) is 8.10. The van der Waals surface area contributed by atoms with Gasteiger partial charge in [-0.05, 0) is 15.9 Å². The van der Waals surface area contributed by atoms with Gasteiger partial charge in [0.15, 0.2) is 0 Å². The monoisotopic (exact) mass is 236 g/mol. The highest BCUT2D eigenvalue weighted by Crippen LogP contribution is 2.18. The first-order valence-corrected chi connectivity index (χ1v) is 4.85. The SMILES string of the molecule is OCCNCc1ncc(Br)s1. The second-order valence-corrected chi connectivity index (χ2v) is 4.45. The van der Waals surface area contributed by atoms with Crippen molar-refractivity contribution in [1.82, 2.24) is 10.3 Å². The number of hydrogen-bond donors (Lipinski definition) is 2. The molecule has 0 aliphatic carbocycles. The van der Waals surface area contributed by atoms with Gasteiger partial charge in [-0.25, -0.2) is 4.98 Å². The van der Waals surface area contributed by atoms with Crippen molar-refractivity contribution in [2.24, 2.45) is 0 Å². The van der Waals surface area contributed by atoms with E-state index in [1.165, 1.54) is 0 Å². The summed E-state index contributed by atoms with van der Waals surface area (Å²) in [5.74, 6) is 0. The van der Waals surface area contributed by atoms with E-state index in [0.717, 1.165) is 15.3 Å². The van der Waals surface area contributed by atoms with Crippen LogP contribution in [0, 0.1) is 0 Å². The molecule has 0 bridgehead atoms. The average Bonchev–Trinajstić information content (AvgIpc) is 2.37. The molecular formula is C6H9BrN2OS. The number of aromatic nitrogens is 1. The van der Waals surface area contributed by atoms with Gasteiger partial charge in [0.05, 0.1) is 16.6 Å². The van der Waals surface area contributed by atoms with Crippen molar-refractivity contribution in [3.8, 4) is 0 Å². The number of rotatable bonds is 4. The minimum Gasteiger partial charge on any atom is -0.395 e. The maximum atomic E-state index is 8.46. The molecule has 0 aliphatic rings. The van der Waals surface area contributed by atoms with E-state index < -0.39 is 0 Å². The molecular weight excluding hydrogens is 228 g/mol. The normalized spacial score (nSPS) is 10.4. The van der Waals surface area contributed by atoms with Crippen molar-refractivity contribution in [3.05, 3.63) is 15.0 Å². The molecule has 11 heavy (non-hydrogen) atoms. The lowest BCUT2D eigenvalue weighted by molar-refractivity contribution is 0.292. The van der Waals surface area contributed by atoms with Crippen molar-refractivity contribution in [2.75, 3.05) is 13.2 Å². The fraction of sp³-hybridized carbons (Fsp3) is 0.500. The highest BCUT2D eigenvalue weighted by Gasteiger charge is 1.97. The van der Waals surface area contributed by atoms with Gasteiger partial charge in [0, 0.05) is 13.1 Å². The summed E-state index contributed by atoms with van der Waals surface area (Å²) in [6.45, 7) is 1.53. The van der Waals surface area contributed by atoms with E-state index in [4.69, 9.17) is 5.11 Å². The zero-order valence-electron chi connectivity index (χ0n) is 5.88. The molecule has 62 valence electrons. The Morgan fingerprint density at radius 3 is 3.09 bits per heavy atom. The van der Waals surface area contributed by atoms with Gasteiger partial charge in [-0.2, -0.15) is 0 Å². The van der Waals surface area contributed by atoms with E-state index in [0.29, 0.717) is 6.54 Å². The molecule has 0 aliphatic heterocycles. The highest BCUT2D eigenvalue weighted by molar-refractivity contribution is 9.11. The molecule has 0 spiro atoms. The number of thiazole rings is 1. The number of aliphatic hydroxyl groups excluding tert-OH is 1. The number of aliphatic hydroxyl groups is 1. The molecule has 5 heteroatoms. The quantitative estimate of drug-likeness (QED) is 0.767. The summed E-state index contributed by atoms with van der Waals surface area (Å²) in [5.41, 5.74) is 0. The van der Waals surface area contributed by atoms with Crippen LogP contribution in [0.5, 0.6) is 0 Å². The van der Waals surface area contributed by atoms with Crippen LogP contribution in [0.25, 0.3) is 0 Å². The van der Waals surface area contributed by atoms with Gasteiger partial charge < -0.3 is 10.4 Å². The topological polar surface area (TPSA) is 45.1 Å². The molecule has 0 radical (unpaired) electrons. The summed E-state index contributed by atoms with van der Waals surface area (Å²) in [4.78, 5) is 4.12. The van der Waals surface area contributed by atoms with E-state index in [2.05, 4.69) is 26.2 Å². The van der Waals surface area contributed by atoms with Gasteiger partial charge in [-0.3, -0.25) is 0 Å². The maximum Gasteiger partial charge on any atom is 0.107 e. The van der Waals surface area contributed by atoms with Crippen LogP contribution in [0.1, 0.15) is 5.01 Å². The standard InChI is InChI=1S/C6H9BrN2OS/c7-5-3-9-6(11-5)4-8-1-2-10/h3,8,10H,1-2,4H2. The Balaban J connectivity index is 2.27. The predicted molar refractivity (Wildman–Crippen MR) is 48.6 cm³/mol. The average molecular weight is 237 g/mol. The third-order valence-electron chi connectivity index (χ3n) is 1.09. The minimum absolute atomic E-state index is 0.173. The van der Waals surface area contributed by atoms with E-state index in [1.54, 1.807) is 17.5 Å². The minimum atomic E-state index is 0.173. The number of nitrogens with zero attached hydrogens (tertiary/aromatic N) is 1. The Morgan fingerprint density at radius 1 is 1.73 bits per heavy atom. The molecule has 0 fully saturated rings. The molecule has 0 unspecified atom stereocenters. The number of nitrogens with one attached hydrogen (secondary N) is 1. The zero-order valence-corrected chi connectivity index (χ0v) is 8.28. The Morgan fingerprint density at radius 2 is 2.55 bits per heavy atom. The van der Waals surface area contributed by atoms with Crippen molar-refractivity contribution in [2.45, 2.75) is 6.54 Å². The molecule has 1 rings (SSSR count). The third kappa shape index (κ3) is 3.29. The Hall–Kier alpha value is 0.0300. The van der Waals surface area contributed by atoms with Crippen molar-refractivity contribution < 1.29 is 5.11 Å². The van der Waals surface area contributed by atoms with E-state index in [1.807, 2.05) is 0 Å². The van der Waals surface area contributed by atoms with Crippen molar-refractivity contribution in [3.63, 3.8) is 0 Å². The molecule has 0 aromatic carbocycles. The fourth-order valence-electron chi connectivity index (χ4n) is 0.644. The predicted octanol–water partition coefficient (Wildman–Crippen LogP) is 0.987. The van der Waals surface area contributed by atoms with E-state index >= 15 is 0 Å². The van der Waals surface area contributed by atoms with Crippen LogP contribution in [-0.2, 0) is 6.54 Å². The smallest absolute Gasteiger partial charge is 0.107 e. The van der Waals surface area contributed by atoms with Crippen LogP contribution < -0.4 is 5.32 Å². The largest absolute Gasteiger partial charge is 0.395 e. The first-order chi connectivity index (χ1) is 5.33. The fourth-order valence-corrected chi connectivity index (χ4v) is 1.92. The van der Waals surface area contributed by atoms with Crippen LogP contribution in [-0.4, -0.2) is 23.2 Å². The van der Waals surface area contributed by atoms with Crippen LogP contribution in [0.2, 0.25) is 0 Å². The molecule has 0 amide bonds. The van der Waals surface area contributed by atoms with E-state index in [9.17, 15) is 0 Å². The van der Waals surface area contributed by atoms with E-state index in [-0.39, 0.29) is 6.61 Å². The Bertz CT molecular complexity index is 216. The number of hydrogen-bond acceptors (Lipinski definition) is 4. The summed E-state index contributed by atoms with van der Waals surface area (Å²) in [7, 11) is 0. The van der Waals surface area contributed by atoms with Crippen LogP contribution in [0.4, 0.5) is 0 Å². The van der Waals surface area contributed by atoms with Gasteiger partial charge >= 0.3 is 0 Å². The van der Waals surface area contributed by atoms with Crippen molar-refractivity contribution >= 4 is 27.3 Å². The summed E-state index contributed by atoms with van der Waals surface area (Å²) in [6.07, 6.45) is 1.78. The molecule has 1 heterocycles. The lowest BCUT2D eigenvalue weighted by atomic mass is 10.6. The van der Waals surface area contributed by atoms with Gasteiger partial charge in [-0.1, -0.05) is 0 Å². The number of halogens is 1. The lowest BCUT2D eigenvalue weighted by Crippen LogP contribution is -2.17. The molecule has 1 aromatic heterocycles. The van der Waals surface area contributed by atoms with Crippen LogP contribution in [0.3, 0.4) is 0 Å². The Labute approximate surface area is 77.6 Å². The molecule has 3 nitrogen and oxygen atoms in total. The maximum absolute atomic E-state index is 8.46.